The Morgan fingerprint density at radius 2 is 2.12 bits per heavy atom. The van der Waals surface area contributed by atoms with Crippen molar-refractivity contribution in [2.75, 3.05) is 19.6 Å². The van der Waals surface area contributed by atoms with Crippen molar-refractivity contribution in [1.29, 1.82) is 0 Å². The van der Waals surface area contributed by atoms with Gasteiger partial charge in [0, 0.05) is 17.6 Å². The maximum absolute atomic E-state index is 12.4. The zero-order valence-corrected chi connectivity index (χ0v) is 15.5. The summed E-state index contributed by atoms with van der Waals surface area (Å²) in [5.74, 6) is 0.661. The molecule has 1 aromatic heterocycles. The third-order valence-electron chi connectivity index (χ3n) is 4.34. The first kappa shape index (κ1) is 20.7. The topological polar surface area (TPSA) is 54.0 Å². The number of piperidine rings is 1. The van der Waals surface area contributed by atoms with Crippen LogP contribution >= 0.6 is 24.8 Å². The number of nitrogens with one attached hydrogen (secondary N) is 2. The Morgan fingerprint density at radius 3 is 2.88 bits per heavy atom. The van der Waals surface area contributed by atoms with Crippen molar-refractivity contribution < 1.29 is 4.79 Å². The van der Waals surface area contributed by atoms with Crippen molar-refractivity contribution in [2.24, 2.45) is 5.92 Å². The van der Waals surface area contributed by atoms with E-state index in [1.165, 1.54) is 12.8 Å². The van der Waals surface area contributed by atoms with Gasteiger partial charge in [0.2, 0.25) is 0 Å². The van der Waals surface area contributed by atoms with E-state index in [-0.39, 0.29) is 30.7 Å². The lowest BCUT2D eigenvalue weighted by Gasteiger charge is -2.22. The lowest BCUT2D eigenvalue weighted by Crippen LogP contribution is -2.33. The van der Waals surface area contributed by atoms with E-state index in [4.69, 9.17) is 0 Å². The van der Waals surface area contributed by atoms with E-state index >= 15 is 0 Å². The number of rotatable bonds is 4. The lowest BCUT2D eigenvalue weighted by atomic mass is 9.96. The molecule has 2 aromatic rings. The molecule has 1 aliphatic heterocycles. The van der Waals surface area contributed by atoms with E-state index in [1.807, 2.05) is 37.3 Å². The predicted octanol–water partition coefficient (Wildman–Crippen LogP) is 3.51. The summed E-state index contributed by atoms with van der Waals surface area (Å²) in [6.45, 7) is 4.88. The first-order chi connectivity index (χ1) is 10.7. The fraction of sp³-hybridized carbons (Fsp3) is 0.444. The highest BCUT2D eigenvalue weighted by atomic mass is 35.5. The second kappa shape index (κ2) is 9.82. The van der Waals surface area contributed by atoms with Crippen molar-refractivity contribution in [1.82, 2.24) is 15.6 Å². The number of hydrogen-bond acceptors (Lipinski definition) is 3. The summed E-state index contributed by atoms with van der Waals surface area (Å²) in [6, 6.07) is 9.75. The highest BCUT2D eigenvalue weighted by Crippen LogP contribution is 2.17. The fourth-order valence-electron chi connectivity index (χ4n) is 3.08. The molecule has 132 valence electrons. The molecule has 1 aliphatic rings. The molecule has 2 N–H and O–H groups in total. The molecule has 24 heavy (non-hydrogen) atoms. The molecule has 1 unspecified atom stereocenters. The van der Waals surface area contributed by atoms with Crippen LogP contribution in [0, 0.1) is 12.8 Å². The van der Waals surface area contributed by atoms with Gasteiger partial charge < -0.3 is 10.6 Å². The number of pyridine rings is 1. The van der Waals surface area contributed by atoms with Crippen LogP contribution in [-0.4, -0.2) is 30.5 Å². The van der Waals surface area contributed by atoms with Gasteiger partial charge in [-0.3, -0.25) is 9.78 Å². The molecule has 1 saturated heterocycles. The number of carbonyl (C=O) groups excluding carboxylic acids is 1. The summed E-state index contributed by atoms with van der Waals surface area (Å²) in [6.07, 6.45) is 3.54. The van der Waals surface area contributed by atoms with Gasteiger partial charge in [-0.1, -0.05) is 18.2 Å². The van der Waals surface area contributed by atoms with E-state index in [9.17, 15) is 4.79 Å². The van der Waals surface area contributed by atoms with Gasteiger partial charge >= 0.3 is 0 Å². The minimum atomic E-state index is -0.0209. The van der Waals surface area contributed by atoms with Gasteiger partial charge in [-0.25, -0.2) is 0 Å². The van der Waals surface area contributed by atoms with Gasteiger partial charge in [0.1, 0.15) is 0 Å². The maximum Gasteiger partial charge on any atom is 0.253 e. The third-order valence-corrected chi connectivity index (χ3v) is 4.34. The fourth-order valence-corrected chi connectivity index (χ4v) is 3.08. The van der Waals surface area contributed by atoms with Gasteiger partial charge in [-0.05, 0) is 57.3 Å². The molecule has 0 saturated carbocycles. The van der Waals surface area contributed by atoms with E-state index in [1.54, 1.807) is 0 Å². The molecule has 0 radical (unpaired) electrons. The molecule has 4 nitrogen and oxygen atoms in total. The van der Waals surface area contributed by atoms with Crippen LogP contribution in [0.25, 0.3) is 10.9 Å². The number of fused-ring (bicyclic) bond motifs is 1. The van der Waals surface area contributed by atoms with E-state index < -0.39 is 0 Å². The first-order valence-electron chi connectivity index (χ1n) is 8.09. The third kappa shape index (κ3) is 5.07. The lowest BCUT2D eigenvalue weighted by molar-refractivity contribution is 0.0952. The zero-order valence-electron chi connectivity index (χ0n) is 13.9. The van der Waals surface area contributed by atoms with Crippen LogP contribution in [0.1, 0.15) is 35.3 Å². The summed E-state index contributed by atoms with van der Waals surface area (Å²) in [7, 11) is 0. The van der Waals surface area contributed by atoms with Crippen LogP contribution in [0.4, 0.5) is 0 Å². The number of amides is 1. The molecule has 0 bridgehead atoms. The van der Waals surface area contributed by atoms with Crippen LogP contribution in [0.2, 0.25) is 0 Å². The minimum Gasteiger partial charge on any atom is -0.352 e. The molecule has 0 spiro atoms. The quantitative estimate of drug-likeness (QED) is 0.866. The molecule has 3 rings (SSSR count). The van der Waals surface area contributed by atoms with Gasteiger partial charge in [-0.15, -0.1) is 24.8 Å². The average Bonchev–Trinajstić information content (AvgIpc) is 2.55. The summed E-state index contributed by atoms with van der Waals surface area (Å²) in [5.41, 5.74) is 2.39. The number of halogens is 2. The highest BCUT2D eigenvalue weighted by Gasteiger charge is 2.14. The molecule has 1 fully saturated rings. The van der Waals surface area contributed by atoms with Gasteiger partial charge in [0.15, 0.2) is 0 Å². The first-order valence-corrected chi connectivity index (χ1v) is 8.09. The molecule has 1 atom stereocenters. The van der Waals surface area contributed by atoms with Crippen LogP contribution in [0.3, 0.4) is 0 Å². The summed E-state index contributed by atoms with van der Waals surface area (Å²) >= 11 is 0. The average molecular weight is 370 g/mol. The Bertz CT molecular complexity index is 672. The zero-order chi connectivity index (χ0) is 15.4. The van der Waals surface area contributed by atoms with Gasteiger partial charge in [0.25, 0.3) is 5.91 Å². The van der Waals surface area contributed by atoms with Crippen molar-refractivity contribution in [3.63, 3.8) is 0 Å². The number of hydrogen-bond donors (Lipinski definition) is 2. The predicted molar refractivity (Wildman–Crippen MR) is 104 cm³/mol. The Hall–Kier alpha value is -1.36. The minimum absolute atomic E-state index is 0. The van der Waals surface area contributed by atoms with Gasteiger partial charge in [-0.2, -0.15) is 0 Å². The van der Waals surface area contributed by atoms with Crippen molar-refractivity contribution in [3.8, 4) is 0 Å². The normalized spacial score (nSPS) is 16.8. The van der Waals surface area contributed by atoms with E-state index in [0.29, 0.717) is 11.5 Å². The van der Waals surface area contributed by atoms with Crippen molar-refractivity contribution in [3.05, 3.63) is 41.6 Å². The molecule has 1 aromatic carbocycles. The second-order valence-corrected chi connectivity index (χ2v) is 6.09. The number of nitrogens with zero attached hydrogens (tertiary/aromatic N) is 1. The Labute approximate surface area is 155 Å². The highest BCUT2D eigenvalue weighted by molar-refractivity contribution is 6.05. The number of aryl methyl sites for hydroxylation is 1. The second-order valence-electron chi connectivity index (χ2n) is 6.09. The molecule has 0 aliphatic carbocycles. The standard InChI is InChI=1S/C18H23N3O.2ClH/c1-13-7-8-15-5-2-6-16(17(15)21-13)18(22)20-11-9-14-4-3-10-19-12-14;;/h2,5-8,14,19H,3-4,9-12H2,1H3,(H,20,22);2*1H. The van der Waals surface area contributed by atoms with Crippen LogP contribution in [0.15, 0.2) is 30.3 Å². The summed E-state index contributed by atoms with van der Waals surface area (Å²) in [4.78, 5) is 17.0. The van der Waals surface area contributed by atoms with Crippen LogP contribution in [-0.2, 0) is 0 Å². The Balaban J connectivity index is 0.00000144. The number of benzene rings is 1. The largest absolute Gasteiger partial charge is 0.352 e. The summed E-state index contributed by atoms with van der Waals surface area (Å²) in [5, 5.41) is 7.47. The number of para-hydroxylation sites is 1. The SMILES string of the molecule is Cc1ccc2cccc(C(=O)NCCC3CCCNC3)c2n1.Cl.Cl. The number of aromatic nitrogens is 1. The van der Waals surface area contributed by atoms with E-state index in [2.05, 4.69) is 15.6 Å². The summed E-state index contributed by atoms with van der Waals surface area (Å²) < 4.78 is 0. The van der Waals surface area contributed by atoms with Gasteiger partial charge in [0.05, 0.1) is 11.1 Å². The van der Waals surface area contributed by atoms with E-state index in [0.717, 1.165) is 42.7 Å². The molecular weight excluding hydrogens is 345 g/mol. The van der Waals surface area contributed by atoms with Crippen molar-refractivity contribution >= 4 is 41.6 Å². The monoisotopic (exact) mass is 369 g/mol. The van der Waals surface area contributed by atoms with Crippen LogP contribution < -0.4 is 10.6 Å². The maximum atomic E-state index is 12.4. The number of carbonyl (C=O) groups is 1. The molecule has 1 amide bonds. The Morgan fingerprint density at radius 1 is 1.29 bits per heavy atom. The smallest absolute Gasteiger partial charge is 0.253 e. The van der Waals surface area contributed by atoms with Crippen molar-refractivity contribution in [2.45, 2.75) is 26.2 Å². The molecule has 6 heteroatoms. The molecule has 2 heterocycles. The molecular formula is C18H25Cl2N3O. The Kier molecular flexibility index (Phi) is 8.46. The van der Waals surface area contributed by atoms with Crippen LogP contribution in [0.5, 0.6) is 0 Å².